The highest BCUT2D eigenvalue weighted by molar-refractivity contribution is 5.90. The first-order chi connectivity index (χ1) is 12.4. The molecule has 2 aromatic carbocycles. The van der Waals surface area contributed by atoms with E-state index in [-0.39, 0.29) is 5.69 Å². The zero-order chi connectivity index (χ0) is 19.1. The molecule has 7 heteroatoms. The number of carbonyl (C=O) groups excluding carboxylic acids is 2. The van der Waals surface area contributed by atoms with Crippen molar-refractivity contribution in [1.29, 1.82) is 0 Å². The third kappa shape index (κ3) is 4.76. The van der Waals surface area contributed by atoms with Crippen LogP contribution in [0.3, 0.4) is 0 Å². The van der Waals surface area contributed by atoms with E-state index in [1.54, 1.807) is 49.4 Å². The van der Waals surface area contributed by atoms with Crippen LogP contribution in [-0.2, 0) is 14.3 Å². The summed E-state index contributed by atoms with van der Waals surface area (Å²) >= 11 is 0. The summed E-state index contributed by atoms with van der Waals surface area (Å²) in [7, 11) is 1.30. The molecule has 2 aromatic rings. The average molecular weight is 355 g/mol. The van der Waals surface area contributed by atoms with E-state index in [0.717, 1.165) is 0 Å². The Kier molecular flexibility index (Phi) is 6.21. The van der Waals surface area contributed by atoms with Gasteiger partial charge in [-0.3, -0.25) is 10.1 Å². The molecule has 0 heterocycles. The van der Waals surface area contributed by atoms with Crippen LogP contribution in [-0.4, -0.2) is 24.0 Å². The number of esters is 2. The van der Waals surface area contributed by atoms with Crippen LogP contribution in [0.15, 0.2) is 54.6 Å². The van der Waals surface area contributed by atoms with Crippen molar-refractivity contribution in [2.24, 2.45) is 0 Å². The summed E-state index contributed by atoms with van der Waals surface area (Å²) in [5, 5.41) is 11.0. The minimum atomic E-state index is -0.768. The van der Waals surface area contributed by atoms with Crippen LogP contribution in [0.4, 0.5) is 5.69 Å². The SMILES string of the molecule is COC(=O)c1ccc(C=CC(=O)OC(C)c2ccccc2[N+](=O)[O-])cc1. The van der Waals surface area contributed by atoms with Gasteiger partial charge in [-0.15, -0.1) is 0 Å². The molecule has 0 aliphatic rings. The molecule has 134 valence electrons. The van der Waals surface area contributed by atoms with Gasteiger partial charge in [-0.05, 0) is 36.8 Å². The number of para-hydroxylation sites is 1. The fraction of sp³-hybridized carbons (Fsp3) is 0.158. The van der Waals surface area contributed by atoms with Crippen LogP contribution in [0.2, 0.25) is 0 Å². The highest BCUT2D eigenvalue weighted by Crippen LogP contribution is 2.27. The summed E-state index contributed by atoms with van der Waals surface area (Å²) in [5.74, 6) is -1.08. The third-order valence-corrected chi connectivity index (χ3v) is 3.61. The molecular weight excluding hydrogens is 338 g/mol. The van der Waals surface area contributed by atoms with Crippen LogP contribution in [0, 0.1) is 10.1 Å². The van der Waals surface area contributed by atoms with Crippen LogP contribution < -0.4 is 0 Å². The van der Waals surface area contributed by atoms with Crippen LogP contribution >= 0.6 is 0 Å². The fourth-order valence-electron chi connectivity index (χ4n) is 2.29. The van der Waals surface area contributed by atoms with Crippen LogP contribution in [0.25, 0.3) is 6.08 Å². The lowest BCUT2D eigenvalue weighted by molar-refractivity contribution is -0.386. The molecule has 0 aliphatic carbocycles. The molecule has 1 atom stereocenters. The molecule has 0 saturated heterocycles. The van der Waals surface area contributed by atoms with E-state index in [4.69, 9.17) is 4.74 Å². The number of nitro groups is 1. The van der Waals surface area contributed by atoms with Gasteiger partial charge in [-0.1, -0.05) is 24.3 Å². The van der Waals surface area contributed by atoms with Crippen LogP contribution in [0.1, 0.15) is 34.5 Å². The fourth-order valence-corrected chi connectivity index (χ4v) is 2.29. The van der Waals surface area contributed by atoms with Crippen molar-refractivity contribution in [3.05, 3.63) is 81.4 Å². The van der Waals surface area contributed by atoms with Crippen molar-refractivity contribution in [2.75, 3.05) is 7.11 Å². The van der Waals surface area contributed by atoms with Crippen molar-refractivity contribution < 1.29 is 24.0 Å². The second-order valence-corrected chi connectivity index (χ2v) is 5.34. The molecule has 1 unspecified atom stereocenters. The zero-order valence-electron chi connectivity index (χ0n) is 14.2. The van der Waals surface area contributed by atoms with E-state index >= 15 is 0 Å². The normalized spacial score (nSPS) is 11.8. The van der Waals surface area contributed by atoms with Gasteiger partial charge in [0, 0.05) is 12.1 Å². The lowest BCUT2D eigenvalue weighted by Crippen LogP contribution is -2.08. The third-order valence-electron chi connectivity index (χ3n) is 3.61. The Bertz CT molecular complexity index is 841. The number of hydrogen-bond donors (Lipinski definition) is 0. The minimum Gasteiger partial charge on any atom is -0.465 e. The van der Waals surface area contributed by atoms with E-state index in [9.17, 15) is 19.7 Å². The lowest BCUT2D eigenvalue weighted by atomic mass is 10.1. The highest BCUT2D eigenvalue weighted by atomic mass is 16.6. The lowest BCUT2D eigenvalue weighted by Gasteiger charge is -2.12. The smallest absolute Gasteiger partial charge is 0.337 e. The molecule has 0 amide bonds. The number of benzene rings is 2. The largest absolute Gasteiger partial charge is 0.465 e. The molecule has 0 aromatic heterocycles. The highest BCUT2D eigenvalue weighted by Gasteiger charge is 2.20. The van der Waals surface area contributed by atoms with Gasteiger partial charge in [0.05, 0.1) is 23.2 Å². The van der Waals surface area contributed by atoms with Gasteiger partial charge in [-0.2, -0.15) is 0 Å². The molecular formula is C19H17NO6. The number of rotatable bonds is 6. The Balaban J connectivity index is 2.03. The Labute approximate surface area is 150 Å². The van der Waals surface area contributed by atoms with Crippen molar-refractivity contribution in [1.82, 2.24) is 0 Å². The molecule has 0 bridgehead atoms. The monoisotopic (exact) mass is 355 g/mol. The number of nitrogens with zero attached hydrogens (tertiary/aromatic N) is 1. The Hall–Kier alpha value is -3.48. The van der Waals surface area contributed by atoms with Gasteiger partial charge in [0.25, 0.3) is 5.69 Å². The Morgan fingerprint density at radius 2 is 1.77 bits per heavy atom. The van der Waals surface area contributed by atoms with Crippen molar-refractivity contribution in [2.45, 2.75) is 13.0 Å². The standard InChI is InChI=1S/C19H17NO6/c1-13(16-5-3-4-6-17(16)20(23)24)26-18(21)12-9-14-7-10-15(11-8-14)19(22)25-2/h3-13H,1-2H3. The molecule has 26 heavy (non-hydrogen) atoms. The van der Waals surface area contributed by atoms with Crippen molar-refractivity contribution in [3.8, 4) is 0 Å². The molecule has 2 rings (SSSR count). The molecule has 0 spiro atoms. The van der Waals surface area contributed by atoms with Crippen molar-refractivity contribution >= 4 is 23.7 Å². The molecule has 0 aliphatic heterocycles. The first kappa shape index (κ1) is 18.9. The number of nitro benzene ring substituents is 1. The summed E-state index contributed by atoms with van der Waals surface area (Å²) in [6.07, 6.45) is 1.98. The summed E-state index contributed by atoms with van der Waals surface area (Å²) in [4.78, 5) is 33.8. The van der Waals surface area contributed by atoms with E-state index in [1.807, 2.05) is 0 Å². The molecule has 0 N–H and O–H groups in total. The second-order valence-electron chi connectivity index (χ2n) is 5.34. The number of ether oxygens (including phenoxy) is 2. The summed E-state index contributed by atoms with van der Waals surface area (Å²) < 4.78 is 9.83. The van der Waals surface area contributed by atoms with Gasteiger partial charge in [0.2, 0.25) is 0 Å². The number of methoxy groups -OCH3 is 1. The maximum Gasteiger partial charge on any atom is 0.337 e. The van der Waals surface area contributed by atoms with Crippen LogP contribution in [0.5, 0.6) is 0 Å². The van der Waals surface area contributed by atoms with E-state index in [0.29, 0.717) is 16.7 Å². The van der Waals surface area contributed by atoms with Crippen molar-refractivity contribution in [3.63, 3.8) is 0 Å². The van der Waals surface area contributed by atoms with Gasteiger partial charge >= 0.3 is 11.9 Å². The van der Waals surface area contributed by atoms with E-state index in [2.05, 4.69) is 4.74 Å². The molecule has 7 nitrogen and oxygen atoms in total. The minimum absolute atomic E-state index is 0.102. The number of hydrogen-bond acceptors (Lipinski definition) is 6. The second kappa shape index (κ2) is 8.57. The molecule has 0 saturated carbocycles. The zero-order valence-corrected chi connectivity index (χ0v) is 14.2. The predicted octanol–water partition coefficient (Wildman–Crippen LogP) is 3.70. The quantitative estimate of drug-likeness (QED) is 0.339. The topological polar surface area (TPSA) is 95.7 Å². The average Bonchev–Trinajstić information content (AvgIpc) is 2.66. The van der Waals surface area contributed by atoms with Gasteiger partial charge in [0.1, 0.15) is 6.10 Å². The summed E-state index contributed by atoms with van der Waals surface area (Å²) in [6, 6.07) is 12.6. The predicted molar refractivity (Wildman–Crippen MR) is 94.4 cm³/mol. The molecule has 0 radical (unpaired) electrons. The van der Waals surface area contributed by atoms with Gasteiger partial charge in [-0.25, -0.2) is 9.59 Å². The first-order valence-corrected chi connectivity index (χ1v) is 7.72. The summed E-state index contributed by atoms with van der Waals surface area (Å²) in [6.45, 7) is 1.57. The maximum absolute atomic E-state index is 11.9. The first-order valence-electron chi connectivity index (χ1n) is 7.72. The Morgan fingerprint density at radius 1 is 1.12 bits per heavy atom. The number of carbonyl (C=O) groups is 2. The maximum atomic E-state index is 11.9. The van der Waals surface area contributed by atoms with E-state index < -0.39 is 23.0 Å². The Morgan fingerprint density at radius 3 is 2.38 bits per heavy atom. The molecule has 0 fully saturated rings. The van der Waals surface area contributed by atoms with Gasteiger partial charge in [0.15, 0.2) is 0 Å². The summed E-state index contributed by atoms with van der Waals surface area (Å²) in [5.41, 5.74) is 1.31. The van der Waals surface area contributed by atoms with E-state index in [1.165, 1.54) is 25.3 Å². The van der Waals surface area contributed by atoms with Gasteiger partial charge < -0.3 is 9.47 Å².